The Hall–Kier alpha value is -2.19. The van der Waals surface area contributed by atoms with Gasteiger partial charge in [0.2, 0.25) is 5.91 Å². The van der Waals surface area contributed by atoms with E-state index in [1.54, 1.807) is 36.1 Å². The molecule has 0 radical (unpaired) electrons. The molecule has 0 aliphatic heterocycles. The molecule has 3 aromatic heterocycles. The van der Waals surface area contributed by atoms with E-state index in [9.17, 15) is 4.79 Å². The molecular weight excluding hydrogens is 390 g/mol. The van der Waals surface area contributed by atoms with Crippen LogP contribution in [0.3, 0.4) is 0 Å². The Labute approximate surface area is 151 Å². The fourth-order valence-corrected chi connectivity index (χ4v) is 4.03. The highest BCUT2D eigenvalue weighted by Crippen LogP contribution is 2.35. The molecule has 3 rings (SSSR count). The van der Waals surface area contributed by atoms with Crippen LogP contribution in [0, 0.1) is 0 Å². The number of fused-ring (bicyclic) bond motifs is 1. The molecule has 8 heteroatoms. The van der Waals surface area contributed by atoms with E-state index in [-0.39, 0.29) is 5.91 Å². The molecule has 3 heterocycles. The van der Waals surface area contributed by atoms with Gasteiger partial charge in [-0.15, -0.1) is 11.3 Å². The Kier molecular flexibility index (Phi) is 5.27. The van der Waals surface area contributed by atoms with E-state index in [1.807, 2.05) is 16.1 Å². The first-order chi connectivity index (χ1) is 11.6. The van der Waals surface area contributed by atoms with Crippen LogP contribution >= 0.6 is 27.3 Å². The fourth-order valence-electron chi connectivity index (χ4n) is 2.29. The van der Waals surface area contributed by atoms with Crippen molar-refractivity contribution in [2.75, 3.05) is 12.3 Å². The number of aromatic nitrogens is 3. The number of amides is 1. The molecule has 0 unspecified atom stereocenters. The molecule has 3 aromatic rings. The Balaban J connectivity index is 1.57. The SMILES string of the molecule is Nc1ncc(/C=C/C(=O)NCCCn2ccnc2)c2scc(Br)c12. The Bertz CT molecular complexity index is 872. The van der Waals surface area contributed by atoms with Crippen LogP contribution in [0.2, 0.25) is 0 Å². The van der Waals surface area contributed by atoms with Crippen LogP contribution in [-0.4, -0.2) is 27.0 Å². The minimum atomic E-state index is -0.124. The number of carbonyl (C=O) groups is 1. The number of nitrogen functional groups attached to an aromatic ring is 1. The molecule has 0 fully saturated rings. The summed E-state index contributed by atoms with van der Waals surface area (Å²) >= 11 is 5.04. The van der Waals surface area contributed by atoms with Crippen LogP contribution < -0.4 is 11.1 Å². The van der Waals surface area contributed by atoms with Gasteiger partial charge in [0.15, 0.2) is 0 Å². The molecule has 24 heavy (non-hydrogen) atoms. The molecule has 1 amide bonds. The summed E-state index contributed by atoms with van der Waals surface area (Å²) in [5.41, 5.74) is 6.78. The number of hydrogen-bond donors (Lipinski definition) is 2. The van der Waals surface area contributed by atoms with Crippen molar-refractivity contribution in [3.05, 3.63) is 46.4 Å². The number of pyridine rings is 1. The highest BCUT2D eigenvalue weighted by Gasteiger charge is 2.09. The minimum absolute atomic E-state index is 0.124. The van der Waals surface area contributed by atoms with Crippen molar-refractivity contribution in [1.29, 1.82) is 0 Å². The highest BCUT2D eigenvalue weighted by atomic mass is 79.9. The molecule has 0 bridgehead atoms. The lowest BCUT2D eigenvalue weighted by Crippen LogP contribution is -2.22. The number of halogens is 1. The zero-order valence-electron chi connectivity index (χ0n) is 12.8. The van der Waals surface area contributed by atoms with Crippen molar-refractivity contribution in [2.45, 2.75) is 13.0 Å². The summed E-state index contributed by atoms with van der Waals surface area (Å²) in [5, 5.41) is 5.73. The minimum Gasteiger partial charge on any atom is -0.383 e. The molecule has 0 saturated heterocycles. The third-order valence-corrected chi connectivity index (χ3v) is 5.43. The highest BCUT2D eigenvalue weighted by molar-refractivity contribution is 9.10. The van der Waals surface area contributed by atoms with Crippen LogP contribution in [0.25, 0.3) is 16.2 Å². The number of aryl methyl sites for hydroxylation is 1. The summed E-state index contributed by atoms with van der Waals surface area (Å²) in [5.74, 6) is 0.362. The van der Waals surface area contributed by atoms with Crippen molar-refractivity contribution >= 4 is 55.2 Å². The van der Waals surface area contributed by atoms with E-state index < -0.39 is 0 Å². The molecule has 6 nitrogen and oxygen atoms in total. The summed E-state index contributed by atoms with van der Waals surface area (Å²) in [6, 6.07) is 0. The van der Waals surface area contributed by atoms with Crippen molar-refractivity contribution < 1.29 is 4.79 Å². The van der Waals surface area contributed by atoms with Gasteiger partial charge in [0.25, 0.3) is 0 Å². The lowest BCUT2D eigenvalue weighted by Gasteiger charge is -2.03. The number of nitrogens with two attached hydrogens (primary N) is 1. The van der Waals surface area contributed by atoms with Crippen molar-refractivity contribution in [1.82, 2.24) is 19.9 Å². The maximum atomic E-state index is 11.9. The van der Waals surface area contributed by atoms with Crippen LogP contribution in [0.5, 0.6) is 0 Å². The van der Waals surface area contributed by atoms with Crippen molar-refractivity contribution in [2.24, 2.45) is 0 Å². The standard InChI is InChI=1S/C16H16BrN5OS/c17-12-9-24-15-11(8-21-16(18)14(12)15)2-3-13(23)20-4-1-6-22-7-5-19-10-22/h2-3,5,7-10H,1,4,6H2,(H2,18,21)(H,20,23)/b3-2+. The number of carbonyl (C=O) groups excluding carboxylic acids is 1. The number of nitrogens with one attached hydrogen (secondary N) is 1. The maximum Gasteiger partial charge on any atom is 0.244 e. The van der Waals surface area contributed by atoms with E-state index >= 15 is 0 Å². The van der Waals surface area contributed by atoms with Crippen molar-refractivity contribution in [3.8, 4) is 0 Å². The fraction of sp³-hybridized carbons (Fsp3) is 0.188. The zero-order chi connectivity index (χ0) is 16.9. The number of imidazole rings is 1. The molecule has 0 atom stereocenters. The van der Waals surface area contributed by atoms with Gasteiger partial charge in [-0.1, -0.05) is 0 Å². The van der Waals surface area contributed by atoms with Crippen molar-refractivity contribution in [3.63, 3.8) is 0 Å². The van der Waals surface area contributed by atoms with Gasteiger partial charge in [-0.3, -0.25) is 4.79 Å². The second-order valence-corrected chi connectivity index (χ2v) is 6.90. The van der Waals surface area contributed by atoms with Gasteiger partial charge < -0.3 is 15.6 Å². The van der Waals surface area contributed by atoms with Gasteiger partial charge in [-0.25, -0.2) is 9.97 Å². The molecule has 0 spiro atoms. The van der Waals surface area contributed by atoms with E-state index in [2.05, 4.69) is 31.2 Å². The third-order valence-electron chi connectivity index (χ3n) is 3.47. The quantitative estimate of drug-likeness (QED) is 0.487. The molecule has 0 aliphatic rings. The van der Waals surface area contributed by atoms with Crippen LogP contribution in [-0.2, 0) is 11.3 Å². The first-order valence-electron chi connectivity index (χ1n) is 7.38. The van der Waals surface area contributed by atoms with E-state index in [1.165, 1.54) is 6.08 Å². The molecule has 124 valence electrons. The number of anilines is 1. The Morgan fingerprint density at radius 3 is 3.17 bits per heavy atom. The summed E-state index contributed by atoms with van der Waals surface area (Å²) in [6.45, 7) is 1.44. The first-order valence-corrected chi connectivity index (χ1v) is 9.05. The van der Waals surface area contributed by atoms with Crippen LogP contribution in [0.4, 0.5) is 5.82 Å². The van der Waals surface area contributed by atoms with Gasteiger partial charge in [0, 0.05) is 63.3 Å². The van der Waals surface area contributed by atoms with Crippen LogP contribution in [0.15, 0.2) is 40.8 Å². The molecule has 0 saturated carbocycles. The largest absolute Gasteiger partial charge is 0.383 e. The molecular formula is C16H16BrN5OS. The first kappa shape index (κ1) is 16.7. The van der Waals surface area contributed by atoms with E-state index in [0.29, 0.717) is 12.4 Å². The number of hydrogen-bond acceptors (Lipinski definition) is 5. The predicted molar refractivity (Wildman–Crippen MR) is 101 cm³/mol. The third kappa shape index (κ3) is 3.82. The van der Waals surface area contributed by atoms with Gasteiger partial charge in [-0.05, 0) is 28.4 Å². The molecule has 0 aliphatic carbocycles. The number of thiophene rings is 1. The second-order valence-electron chi connectivity index (χ2n) is 5.16. The number of rotatable bonds is 6. The molecule has 3 N–H and O–H groups in total. The molecule has 0 aromatic carbocycles. The number of nitrogens with zero attached hydrogens (tertiary/aromatic N) is 3. The Morgan fingerprint density at radius 2 is 2.38 bits per heavy atom. The van der Waals surface area contributed by atoms with Gasteiger partial charge in [0.05, 0.1) is 6.33 Å². The topological polar surface area (TPSA) is 85.8 Å². The van der Waals surface area contributed by atoms with Crippen LogP contribution in [0.1, 0.15) is 12.0 Å². The summed E-state index contributed by atoms with van der Waals surface area (Å²) in [7, 11) is 0. The van der Waals surface area contributed by atoms with Gasteiger partial charge >= 0.3 is 0 Å². The van der Waals surface area contributed by atoms with Gasteiger partial charge in [0.1, 0.15) is 5.82 Å². The zero-order valence-corrected chi connectivity index (χ0v) is 15.2. The summed E-state index contributed by atoms with van der Waals surface area (Å²) < 4.78 is 3.91. The average molecular weight is 406 g/mol. The monoisotopic (exact) mass is 405 g/mol. The predicted octanol–water partition coefficient (Wildman–Crippen LogP) is 3.06. The summed E-state index contributed by atoms with van der Waals surface area (Å²) in [4.78, 5) is 20.1. The second kappa shape index (κ2) is 7.59. The normalized spacial score (nSPS) is 11.4. The lowest BCUT2D eigenvalue weighted by atomic mass is 10.2. The van der Waals surface area contributed by atoms with E-state index in [0.717, 1.165) is 33.1 Å². The maximum absolute atomic E-state index is 11.9. The van der Waals surface area contributed by atoms with E-state index in [4.69, 9.17) is 5.73 Å². The smallest absolute Gasteiger partial charge is 0.244 e. The Morgan fingerprint density at radius 1 is 1.50 bits per heavy atom. The van der Waals surface area contributed by atoms with Gasteiger partial charge in [-0.2, -0.15) is 0 Å². The average Bonchev–Trinajstić information content (AvgIpc) is 3.21. The summed E-state index contributed by atoms with van der Waals surface area (Å²) in [6.07, 6.45) is 11.2. The lowest BCUT2D eigenvalue weighted by molar-refractivity contribution is -0.116.